The van der Waals surface area contributed by atoms with Gasteiger partial charge in [-0.15, -0.1) is 0 Å². The summed E-state index contributed by atoms with van der Waals surface area (Å²) in [5.41, 5.74) is -0.0201. The van der Waals surface area contributed by atoms with Crippen molar-refractivity contribution in [1.29, 1.82) is 0 Å². The molecule has 1 unspecified atom stereocenters. The van der Waals surface area contributed by atoms with Crippen molar-refractivity contribution < 1.29 is 24.2 Å². The molecule has 5 heteroatoms. The maximum Gasteiger partial charge on any atom is 0.508 e. The third kappa shape index (κ3) is 3.60. The number of carboxylic acid groups (broad SMARTS) is 1. The predicted octanol–water partition coefficient (Wildman–Crippen LogP) is 8.35. The van der Waals surface area contributed by atoms with Gasteiger partial charge >= 0.3 is 12.1 Å². The molecule has 216 valence electrons. The second kappa shape index (κ2) is 9.13. The van der Waals surface area contributed by atoms with Crippen LogP contribution >= 0.6 is 0 Å². The van der Waals surface area contributed by atoms with Crippen LogP contribution in [0.1, 0.15) is 120 Å². The molecule has 5 rings (SSSR count). The molecule has 10 atom stereocenters. The summed E-state index contributed by atoms with van der Waals surface area (Å²) in [6, 6.07) is 0. The zero-order chi connectivity index (χ0) is 27.9. The van der Waals surface area contributed by atoms with Gasteiger partial charge in [-0.3, -0.25) is 4.79 Å². The summed E-state index contributed by atoms with van der Waals surface area (Å²) in [5.74, 6) is 2.48. The molecule has 0 aromatic carbocycles. The first-order valence-corrected chi connectivity index (χ1v) is 15.8. The van der Waals surface area contributed by atoms with Gasteiger partial charge in [0.05, 0.1) is 12.0 Å². The number of fused-ring (bicyclic) bond motifs is 7. The Morgan fingerprint density at radius 3 is 2.18 bits per heavy atom. The van der Waals surface area contributed by atoms with Crippen molar-refractivity contribution in [2.24, 2.45) is 62.6 Å². The van der Waals surface area contributed by atoms with E-state index in [4.69, 9.17) is 9.47 Å². The topological polar surface area (TPSA) is 72.8 Å². The third-order valence-corrected chi connectivity index (χ3v) is 14.2. The fourth-order valence-electron chi connectivity index (χ4n) is 12.2. The number of hydrogen-bond donors (Lipinski definition) is 1. The van der Waals surface area contributed by atoms with Gasteiger partial charge in [0.2, 0.25) is 0 Å². The minimum Gasteiger partial charge on any atom is -0.481 e. The molecular weight excluding hydrogens is 476 g/mol. The van der Waals surface area contributed by atoms with Crippen molar-refractivity contribution >= 4 is 12.1 Å². The predicted molar refractivity (Wildman–Crippen MR) is 149 cm³/mol. The zero-order valence-corrected chi connectivity index (χ0v) is 25.4. The first kappa shape index (κ1) is 28.3. The van der Waals surface area contributed by atoms with Gasteiger partial charge in [-0.25, -0.2) is 4.79 Å². The van der Waals surface area contributed by atoms with Crippen molar-refractivity contribution in [3.63, 3.8) is 0 Å². The smallest absolute Gasteiger partial charge is 0.481 e. The van der Waals surface area contributed by atoms with E-state index in [2.05, 4.69) is 48.5 Å². The minimum absolute atomic E-state index is 0.0991. The maximum atomic E-state index is 12.9. The van der Waals surface area contributed by atoms with Gasteiger partial charge in [0, 0.05) is 5.41 Å². The monoisotopic (exact) mass is 530 g/mol. The lowest BCUT2D eigenvalue weighted by Gasteiger charge is -2.72. The lowest BCUT2D eigenvalue weighted by molar-refractivity contribution is -0.250. The highest BCUT2D eigenvalue weighted by atomic mass is 16.7. The molecule has 0 aromatic heterocycles. The van der Waals surface area contributed by atoms with E-state index in [1.165, 1.54) is 19.3 Å². The third-order valence-electron chi connectivity index (χ3n) is 14.2. The minimum atomic E-state index is -0.525. The number of aliphatic carboxylic acids is 1. The summed E-state index contributed by atoms with van der Waals surface area (Å²) in [6.45, 7) is 19.2. The average molecular weight is 531 g/mol. The Bertz CT molecular complexity index is 957. The molecule has 0 amide bonds. The molecule has 5 saturated carbocycles. The van der Waals surface area contributed by atoms with Crippen LogP contribution in [0.25, 0.3) is 0 Å². The fraction of sp³-hybridized carbons (Fsp3) is 0.939. The standard InChI is InChI=1S/C33H54O5/c1-9-37-28(36)38-25-14-15-30(6)23(29(25,4)5)13-16-32(8)24(30)11-10-22-26-21(20(2)3)12-17-33(26,27(34)35)19-18-31(22,32)7/h20-26H,9-19H2,1-8H3,(H,34,35)/t21-,22?,23-,24+,25+,26-,30-,31+,32+,33-/m0/s1. The van der Waals surface area contributed by atoms with Crippen molar-refractivity contribution in [3.05, 3.63) is 0 Å². The van der Waals surface area contributed by atoms with E-state index >= 15 is 0 Å². The van der Waals surface area contributed by atoms with Crippen LogP contribution in [0.5, 0.6) is 0 Å². The summed E-state index contributed by atoms with van der Waals surface area (Å²) >= 11 is 0. The van der Waals surface area contributed by atoms with Crippen molar-refractivity contribution in [3.8, 4) is 0 Å². The number of carbonyl (C=O) groups is 2. The summed E-state index contributed by atoms with van der Waals surface area (Å²) in [5, 5.41) is 10.6. The molecule has 0 heterocycles. The molecule has 5 aliphatic carbocycles. The van der Waals surface area contributed by atoms with Crippen molar-refractivity contribution in [2.75, 3.05) is 6.61 Å². The molecule has 0 radical (unpaired) electrons. The van der Waals surface area contributed by atoms with Gasteiger partial charge in [-0.1, -0.05) is 48.5 Å². The largest absolute Gasteiger partial charge is 0.508 e. The van der Waals surface area contributed by atoms with Crippen LogP contribution in [0, 0.1) is 62.6 Å². The normalized spacial score (nSPS) is 49.3. The zero-order valence-electron chi connectivity index (χ0n) is 25.4. The molecule has 0 aromatic rings. The van der Waals surface area contributed by atoms with Gasteiger partial charge in [-0.2, -0.15) is 0 Å². The first-order valence-electron chi connectivity index (χ1n) is 15.8. The van der Waals surface area contributed by atoms with Crippen molar-refractivity contribution in [1.82, 2.24) is 0 Å². The Labute approximate surface area is 231 Å². The number of hydrogen-bond acceptors (Lipinski definition) is 4. The molecule has 5 fully saturated rings. The van der Waals surface area contributed by atoms with E-state index in [1.807, 2.05) is 6.92 Å². The molecular formula is C33H54O5. The summed E-state index contributed by atoms with van der Waals surface area (Å²) in [6.07, 6.45) is 9.94. The van der Waals surface area contributed by atoms with E-state index in [0.29, 0.717) is 42.1 Å². The Hall–Kier alpha value is -1.26. The van der Waals surface area contributed by atoms with Crippen LogP contribution in [0.3, 0.4) is 0 Å². The molecule has 0 aliphatic heterocycles. The highest BCUT2D eigenvalue weighted by Gasteiger charge is 2.72. The highest BCUT2D eigenvalue weighted by molar-refractivity contribution is 5.76. The van der Waals surface area contributed by atoms with E-state index in [1.54, 1.807) is 0 Å². The molecule has 0 spiro atoms. The highest BCUT2D eigenvalue weighted by Crippen LogP contribution is 2.77. The van der Waals surface area contributed by atoms with E-state index in [-0.39, 0.29) is 27.8 Å². The fourth-order valence-corrected chi connectivity index (χ4v) is 12.2. The van der Waals surface area contributed by atoms with E-state index in [9.17, 15) is 14.7 Å². The van der Waals surface area contributed by atoms with Gasteiger partial charge in [0.25, 0.3) is 0 Å². The summed E-state index contributed by atoms with van der Waals surface area (Å²) in [4.78, 5) is 25.2. The molecule has 38 heavy (non-hydrogen) atoms. The summed E-state index contributed by atoms with van der Waals surface area (Å²) in [7, 11) is 0. The van der Waals surface area contributed by atoms with Crippen LogP contribution < -0.4 is 0 Å². The van der Waals surface area contributed by atoms with Crippen molar-refractivity contribution in [2.45, 2.75) is 126 Å². The van der Waals surface area contributed by atoms with E-state index < -0.39 is 17.5 Å². The van der Waals surface area contributed by atoms with Crippen LogP contribution in [-0.4, -0.2) is 29.9 Å². The Balaban J connectivity index is 1.47. The molecule has 5 aliphatic rings. The van der Waals surface area contributed by atoms with Crippen LogP contribution in [-0.2, 0) is 14.3 Å². The van der Waals surface area contributed by atoms with Crippen LogP contribution in [0.15, 0.2) is 0 Å². The van der Waals surface area contributed by atoms with Gasteiger partial charge in [-0.05, 0) is 123 Å². The molecule has 0 saturated heterocycles. The molecule has 5 nitrogen and oxygen atoms in total. The van der Waals surface area contributed by atoms with Crippen LogP contribution in [0.2, 0.25) is 0 Å². The number of rotatable bonds is 4. The molecule has 1 N–H and O–H groups in total. The Kier molecular flexibility index (Phi) is 6.79. The second-order valence-corrected chi connectivity index (χ2v) is 15.8. The lowest BCUT2D eigenvalue weighted by Crippen LogP contribution is -2.67. The SMILES string of the molecule is CCOC(=O)O[C@@H]1CC[C@]2(C)[C@H]3CCC4[C@@H]5[C@H](C(C)C)CC[C@]5(C(=O)O)CC[C@@]4(C)[C@]3(C)CC[C@H]2C1(C)C. The molecule has 0 bridgehead atoms. The quantitative estimate of drug-likeness (QED) is 0.370. The summed E-state index contributed by atoms with van der Waals surface area (Å²) < 4.78 is 11.1. The Morgan fingerprint density at radius 1 is 0.842 bits per heavy atom. The number of carbonyl (C=O) groups excluding carboxylic acids is 1. The van der Waals surface area contributed by atoms with Gasteiger partial charge < -0.3 is 14.6 Å². The second-order valence-electron chi connectivity index (χ2n) is 15.8. The van der Waals surface area contributed by atoms with Gasteiger partial charge in [0.15, 0.2) is 0 Å². The van der Waals surface area contributed by atoms with Gasteiger partial charge in [0.1, 0.15) is 6.10 Å². The number of ether oxygens (including phenoxy) is 2. The number of carboxylic acids is 1. The maximum absolute atomic E-state index is 12.9. The first-order chi connectivity index (χ1) is 17.7. The lowest BCUT2D eigenvalue weighted by atomic mass is 9.32. The van der Waals surface area contributed by atoms with E-state index in [0.717, 1.165) is 44.9 Å². The Morgan fingerprint density at radius 2 is 1.55 bits per heavy atom. The van der Waals surface area contributed by atoms with Crippen LogP contribution in [0.4, 0.5) is 4.79 Å². The average Bonchev–Trinajstić information content (AvgIpc) is 3.23.